The van der Waals surface area contributed by atoms with Gasteiger partial charge in [-0.25, -0.2) is 22.0 Å². The lowest BCUT2D eigenvalue weighted by molar-refractivity contribution is 0.0660. The van der Waals surface area contributed by atoms with E-state index in [1.807, 2.05) is 0 Å². The Kier molecular flexibility index (Phi) is 5.21. The minimum absolute atomic E-state index is 0.0231. The Morgan fingerprint density at radius 1 is 1.07 bits per heavy atom. The van der Waals surface area contributed by atoms with E-state index in [1.165, 1.54) is 24.3 Å². The van der Waals surface area contributed by atoms with Crippen LogP contribution in [0.25, 0.3) is 11.3 Å². The zero-order chi connectivity index (χ0) is 21.3. The lowest BCUT2D eigenvalue weighted by Crippen LogP contribution is -2.10. The van der Waals surface area contributed by atoms with Gasteiger partial charge in [-0.05, 0) is 36.4 Å². The fourth-order valence-corrected chi connectivity index (χ4v) is 3.03. The molecular weight excluding hydrogens is 410 g/mol. The Morgan fingerprint density at radius 2 is 1.72 bits per heavy atom. The van der Waals surface area contributed by atoms with Crippen LogP contribution in [0.5, 0.6) is 11.5 Å². The van der Waals surface area contributed by atoms with Gasteiger partial charge in [0, 0.05) is 24.0 Å². The van der Waals surface area contributed by atoms with Crippen LogP contribution in [0, 0.1) is 11.6 Å². The molecule has 29 heavy (non-hydrogen) atoms. The maximum atomic E-state index is 13.9. The maximum absolute atomic E-state index is 13.9. The fraction of sp³-hybridized carbons (Fsp3) is 0.0526. The molecule has 3 rings (SSSR count). The van der Waals surface area contributed by atoms with Crippen LogP contribution < -0.4 is 10.2 Å². The minimum atomic E-state index is -3.50. The molecule has 2 aromatic carbocycles. The third-order valence-corrected chi connectivity index (χ3v) is 4.89. The third kappa shape index (κ3) is 4.32. The number of sulfone groups is 1. The van der Waals surface area contributed by atoms with E-state index < -0.39 is 50.1 Å². The van der Waals surface area contributed by atoms with Gasteiger partial charge in [0.15, 0.2) is 27.2 Å². The van der Waals surface area contributed by atoms with Crippen LogP contribution in [0.2, 0.25) is 0 Å². The Morgan fingerprint density at radius 3 is 2.28 bits per heavy atom. The molecule has 0 bridgehead atoms. The van der Waals surface area contributed by atoms with Gasteiger partial charge in [-0.15, -0.1) is 0 Å². The van der Waals surface area contributed by atoms with Crippen molar-refractivity contribution in [1.29, 1.82) is 0 Å². The van der Waals surface area contributed by atoms with Crippen molar-refractivity contribution in [2.75, 3.05) is 6.26 Å². The monoisotopic (exact) mass is 422 g/mol. The molecule has 3 aromatic rings. The van der Waals surface area contributed by atoms with Crippen LogP contribution >= 0.6 is 0 Å². The van der Waals surface area contributed by atoms with Gasteiger partial charge in [0.2, 0.25) is 16.9 Å². The number of carboxylic acid groups (broad SMARTS) is 1. The molecule has 1 heterocycles. The Bertz CT molecular complexity index is 1260. The molecular formula is C19H12F2O7S. The van der Waals surface area contributed by atoms with Gasteiger partial charge >= 0.3 is 5.97 Å². The predicted molar refractivity (Wildman–Crippen MR) is 96.9 cm³/mol. The van der Waals surface area contributed by atoms with E-state index in [-0.39, 0.29) is 16.2 Å². The number of hydrogen-bond acceptors (Lipinski definition) is 6. The van der Waals surface area contributed by atoms with Crippen molar-refractivity contribution in [3.05, 3.63) is 76.1 Å². The van der Waals surface area contributed by atoms with Crippen molar-refractivity contribution < 1.29 is 36.3 Å². The molecule has 0 aliphatic carbocycles. The average Bonchev–Trinajstić information content (AvgIpc) is 2.64. The molecule has 1 aromatic heterocycles. The van der Waals surface area contributed by atoms with E-state index in [2.05, 4.69) is 0 Å². The van der Waals surface area contributed by atoms with E-state index in [4.69, 9.17) is 14.3 Å². The molecule has 1 N–H and O–H groups in total. The molecule has 0 saturated heterocycles. The molecule has 10 heteroatoms. The second-order valence-electron chi connectivity index (χ2n) is 5.91. The first-order valence-corrected chi connectivity index (χ1v) is 9.80. The molecule has 0 unspecified atom stereocenters. The van der Waals surface area contributed by atoms with E-state index in [0.29, 0.717) is 12.1 Å². The van der Waals surface area contributed by atoms with Crippen LogP contribution in [0.1, 0.15) is 10.6 Å². The summed E-state index contributed by atoms with van der Waals surface area (Å²) in [6, 6.07) is 8.04. The molecule has 0 aliphatic rings. The standard InChI is InChI=1S/C19H12F2O7S/c1-29(25,26)12-5-2-10(3-6-12)17-18(14(22)9-16(28-17)19(23)24)27-15-7-4-11(20)8-13(15)21/h2-9H,1H3,(H,23,24). The first-order chi connectivity index (χ1) is 13.6. The summed E-state index contributed by atoms with van der Waals surface area (Å²) in [5.74, 6) is -5.59. The Balaban J connectivity index is 2.18. The summed E-state index contributed by atoms with van der Waals surface area (Å²) < 4.78 is 60.7. The number of rotatable bonds is 5. The molecule has 150 valence electrons. The van der Waals surface area contributed by atoms with Gasteiger partial charge in [-0.1, -0.05) is 0 Å². The van der Waals surface area contributed by atoms with E-state index in [1.54, 1.807) is 0 Å². The Hall–Kier alpha value is -3.53. The van der Waals surface area contributed by atoms with Crippen LogP contribution in [0.4, 0.5) is 8.78 Å². The molecule has 0 fully saturated rings. The van der Waals surface area contributed by atoms with Crippen LogP contribution in [-0.4, -0.2) is 25.7 Å². The summed E-state index contributed by atoms with van der Waals surface area (Å²) in [6.07, 6.45) is 0.999. The van der Waals surface area contributed by atoms with Crippen LogP contribution in [-0.2, 0) is 9.84 Å². The summed E-state index contributed by atoms with van der Waals surface area (Å²) in [5.41, 5.74) is -0.824. The van der Waals surface area contributed by atoms with E-state index >= 15 is 0 Å². The van der Waals surface area contributed by atoms with Crippen molar-refractivity contribution in [3.63, 3.8) is 0 Å². The van der Waals surface area contributed by atoms with Crippen molar-refractivity contribution >= 4 is 15.8 Å². The highest BCUT2D eigenvalue weighted by Gasteiger charge is 2.21. The minimum Gasteiger partial charge on any atom is -0.475 e. The van der Waals surface area contributed by atoms with Crippen molar-refractivity contribution in [2.45, 2.75) is 4.90 Å². The summed E-state index contributed by atoms with van der Waals surface area (Å²) in [4.78, 5) is 23.6. The molecule has 0 aliphatic heterocycles. The number of hydrogen-bond donors (Lipinski definition) is 1. The smallest absolute Gasteiger partial charge is 0.371 e. The zero-order valence-electron chi connectivity index (χ0n) is 14.7. The SMILES string of the molecule is CS(=O)(=O)c1ccc(-c2oc(C(=O)O)cc(=O)c2Oc2ccc(F)cc2F)cc1. The lowest BCUT2D eigenvalue weighted by Gasteiger charge is -2.11. The average molecular weight is 422 g/mol. The maximum Gasteiger partial charge on any atom is 0.371 e. The molecule has 0 amide bonds. The highest BCUT2D eigenvalue weighted by atomic mass is 32.2. The Labute approximate surface area is 162 Å². The quantitative estimate of drug-likeness (QED) is 0.670. The highest BCUT2D eigenvalue weighted by molar-refractivity contribution is 7.90. The van der Waals surface area contributed by atoms with Crippen molar-refractivity contribution in [1.82, 2.24) is 0 Å². The fourth-order valence-electron chi connectivity index (χ4n) is 2.40. The van der Waals surface area contributed by atoms with Gasteiger partial charge in [0.1, 0.15) is 5.82 Å². The van der Waals surface area contributed by atoms with Gasteiger partial charge in [0.05, 0.1) is 4.90 Å². The van der Waals surface area contributed by atoms with Crippen LogP contribution in [0.15, 0.2) is 62.6 Å². The van der Waals surface area contributed by atoms with Gasteiger partial charge in [-0.3, -0.25) is 4.79 Å². The molecule has 0 radical (unpaired) electrons. The highest BCUT2D eigenvalue weighted by Crippen LogP contribution is 2.33. The lowest BCUT2D eigenvalue weighted by atomic mass is 10.1. The predicted octanol–water partition coefficient (Wildman–Crippen LogP) is 3.48. The zero-order valence-corrected chi connectivity index (χ0v) is 15.5. The van der Waals surface area contributed by atoms with Crippen LogP contribution in [0.3, 0.4) is 0 Å². The number of halogens is 2. The van der Waals surface area contributed by atoms with Gasteiger partial charge in [0.25, 0.3) is 0 Å². The van der Waals surface area contributed by atoms with E-state index in [9.17, 15) is 26.8 Å². The number of carbonyl (C=O) groups is 1. The number of ether oxygens (including phenoxy) is 1. The van der Waals surface area contributed by atoms with Crippen molar-refractivity contribution in [3.8, 4) is 22.8 Å². The van der Waals surface area contributed by atoms with E-state index in [0.717, 1.165) is 18.4 Å². The number of benzene rings is 2. The normalized spacial score (nSPS) is 11.3. The summed E-state index contributed by atoms with van der Waals surface area (Å²) in [7, 11) is -3.50. The molecule has 0 saturated carbocycles. The largest absolute Gasteiger partial charge is 0.475 e. The molecule has 0 atom stereocenters. The first-order valence-electron chi connectivity index (χ1n) is 7.91. The summed E-state index contributed by atoms with van der Waals surface area (Å²) >= 11 is 0. The molecule has 7 nitrogen and oxygen atoms in total. The van der Waals surface area contributed by atoms with Crippen molar-refractivity contribution in [2.24, 2.45) is 0 Å². The topological polar surface area (TPSA) is 111 Å². The van der Waals surface area contributed by atoms with Gasteiger partial charge < -0.3 is 14.3 Å². The number of carboxylic acids is 1. The number of aromatic carboxylic acids is 1. The molecule has 0 spiro atoms. The second kappa shape index (κ2) is 7.47. The van der Waals surface area contributed by atoms with Gasteiger partial charge in [-0.2, -0.15) is 0 Å². The summed E-state index contributed by atoms with van der Waals surface area (Å²) in [5, 5.41) is 9.13. The first kappa shape index (κ1) is 20.2. The third-order valence-electron chi connectivity index (χ3n) is 3.77. The summed E-state index contributed by atoms with van der Waals surface area (Å²) in [6.45, 7) is 0. The second-order valence-corrected chi connectivity index (χ2v) is 7.93.